The van der Waals surface area contributed by atoms with Gasteiger partial charge in [0.05, 0.1) is 0 Å². The molecule has 2 radical (unpaired) electrons. The van der Waals surface area contributed by atoms with Crippen LogP contribution in [-0.2, 0) is 39.0 Å². The maximum Gasteiger partial charge on any atom is 3.00 e. The van der Waals surface area contributed by atoms with E-state index in [1.165, 1.54) is 0 Å². The Bertz CT molecular complexity index is 8.00. The fraction of sp³-hybridized carbons (Fsp3) is 0. The Kier molecular flexibility index (Phi) is 151. The van der Waals surface area contributed by atoms with Crippen molar-refractivity contribution in [1.29, 1.82) is 0 Å². The maximum absolute atomic E-state index is 0. The van der Waals surface area contributed by atoms with Gasteiger partial charge < -0.3 is 5.48 Å². The molecule has 4 heavy (non-hydrogen) atoms. The van der Waals surface area contributed by atoms with Gasteiger partial charge >= 0.3 is 75.3 Å². The first kappa shape index (κ1) is 32.9. The van der Waals surface area contributed by atoms with Gasteiger partial charge in [-0.05, 0) is 0 Å². The van der Waals surface area contributed by atoms with Crippen molar-refractivity contribution < 1.29 is 80.8 Å². The molecule has 0 aromatic rings. The Hall–Kier alpha value is 2.35. The maximum atomic E-state index is 0. The summed E-state index contributed by atoms with van der Waals surface area (Å²) in [5, 5.41) is 0. The van der Waals surface area contributed by atoms with Gasteiger partial charge in [0, 0.05) is 0 Å². The predicted octanol–water partition coefficient (Wildman–Crippen LogP) is -0.124. The molecule has 0 rings (SSSR count). The number of hydrogen-bond donors (Lipinski definition) is 0. The smallest absolute Gasteiger partial charge is 2.00 e. The molecule has 0 aliphatic rings. The summed E-state index contributed by atoms with van der Waals surface area (Å²) in [5.74, 6) is 0. The Labute approximate surface area is 79.4 Å². The van der Waals surface area contributed by atoms with E-state index in [4.69, 9.17) is 0 Å². The first-order valence-corrected chi connectivity index (χ1v) is 0. The van der Waals surface area contributed by atoms with Crippen molar-refractivity contribution in [1.82, 2.24) is 0 Å². The molecule has 0 atom stereocenters. The largest absolute Gasteiger partial charge is 3.00 e. The van der Waals surface area contributed by atoms with Crippen LogP contribution in [-0.4, -0.2) is 0 Å². The van der Waals surface area contributed by atoms with Gasteiger partial charge in [-0.3, -0.25) is 0 Å². The van der Waals surface area contributed by atoms with Crippen molar-refractivity contribution >= 4 is 0 Å². The number of rotatable bonds is 0. The molecule has 0 amide bonds. The Morgan fingerprint density at radius 3 is 1.00 bits per heavy atom. The van der Waals surface area contributed by atoms with Gasteiger partial charge in [-0.1, -0.05) is 0 Å². The molecule has 0 heterocycles. The minimum absolute atomic E-state index is 0. The average Bonchev–Trinajstić information content (AvgIpc) is 0. The van der Waals surface area contributed by atoms with E-state index in [1.54, 1.807) is 0 Å². The predicted molar refractivity (Wildman–Crippen MR) is 0.686 cm³/mol. The van der Waals surface area contributed by atoms with Crippen molar-refractivity contribution in [2.24, 2.45) is 0 Å². The number of hydrogen-bond acceptors (Lipinski definition) is 0. The van der Waals surface area contributed by atoms with Gasteiger partial charge in [0.1, 0.15) is 0 Å². The summed E-state index contributed by atoms with van der Waals surface area (Å²) >= 11 is 0. The van der Waals surface area contributed by atoms with Crippen LogP contribution in [0.5, 0.6) is 0 Å². The first-order chi connectivity index (χ1) is 0. The average molecular weight is 278 g/mol. The van der Waals surface area contributed by atoms with Gasteiger partial charge in [0.2, 0.25) is 0 Å². The third-order valence-corrected chi connectivity index (χ3v) is 0. The van der Waals surface area contributed by atoms with E-state index in [1.807, 2.05) is 0 Å². The molecule has 0 aliphatic carbocycles. The van der Waals surface area contributed by atoms with Crippen LogP contribution in [0.2, 0.25) is 0 Å². The van der Waals surface area contributed by atoms with Crippen molar-refractivity contribution in [3.05, 3.63) is 0 Å². The van der Waals surface area contributed by atoms with E-state index in [2.05, 4.69) is 0 Å². The van der Waals surface area contributed by atoms with Crippen LogP contribution >= 0.6 is 0 Å². The zero-order valence-electron chi connectivity index (χ0n) is 1.53. The molecule has 0 bridgehead atoms. The molecule has 0 aliphatic heterocycles. The van der Waals surface area contributed by atoms with E-state index in [9.17, 15) is 0 Å². The van der Waals surface area contributed by atoms with Gasteiger partial charge in [-0.15, -0.1) is 0 Å². The summed E-state index contributed by atoms with van der Waals surface area (Å²) in [6.07, 6.45) is 0. The summed E-state index contributed by atoms with van der Waals surface area (Å²) in [7, 11) is 0. The monoisotopic (exact) mass is 277 g/mol. The molecule has 0 spiro atoms. The van der Waals surface area contributed by atoms with Gasteiger partial charge in [0.25, 0.3) is 0 Å². The quantitative estimate of drug-likeness (QED) is 0.553. The van der Waals surface area contributed by atoms with Crippen LogP contribution in [0.4, 0.5) is 0 Å². The standard InChI is InChI=1S/Ce.Cu.Ni.O/q+3;2*+2;-2. The van der Waals surface area contributed by atoms with Crippen LogP contribution in [0, 0.1) is 41.7 Å². The molecule has 0 saturated carbocycles. The molecule has 0 aromatic heterocycles. The Balaban J connectivity index is 0. The summed E-state index contributed by atoms with van der Waals surface area (Å²) in [6, 6.07) is 0. The van der Waals surface area contributed by atoms with Crippen LogP contribution in [0.1, 0.15) is 0 Å². The SMILES string of the molecule is [Ce+3].[Cu+2].[Ni+2].[O-2]. The first-order valence-electron chi connectivity index (χ1n) is 0. The molecule has 4 heteroatoms. The Morgan fingerprint density at radius 1 is 1.00 bits per heavy atom. The molecule has 26 valence electrons. The second-order valence-corrected chi connectivity index (χ2v) is 0. The summed E-state index contributed by atoms with van der Waals surface area (Å²) in [5.41, 5.74) is 0. The molecular weight excluding hydrogens is 278 g/mol. The summed E-state index contributed by atoms with van der Waals surface area (Å²) in [4.78, 5) is 0. The minimum Gasteiger partial charge on any atom is -2.00 e. The normalized spacial score (nSPS) is 0. The van der Waals surface area contributed by atoms with Crippen LogP contribution in [0.15, 0.2) is 0 Å². The van der Waals surface area contributed by atoms with Crippen molar-refractivity contribution in [2.75, 3.05) is 0 Å². The fourth-order valence-corrected chi connectivity index (χ4v) is 0. The summed E-state index contributed by atoms with van der Waals surface area (Å²) < 4.78 is 0. The van der Waals surface area contributed by atoms with Crippen LogP contribution < -0.4 is 0 Å². The van der Waals surface area contributed by atoms with Crippen LogP contribution in [0.3, 0.4) is 0 Å². The van der Waals surface area contributed by atoms with Gasteiger partial charge in [0.15, 0.2) is 0 Å². The molecule has 0 unspecified atom stereocenters. The van der Waals surface area contributed by atoms with E-state index >= 15 is 0 Å². The second-order valence-electron chi connectivity index (χ2n) is 0. The third-order valence-electron chi connectivity index (χ3n) is 0. The van der Waals surface area contributed by atoms with E-state index in [0.29, 0.717) is 0 Å². The zero-order valence-corrected chi connectivity index (χ0v) is 6.60. The van der Waals surface area contributed by atoms with Gasteiger partial charge in [-0.2, -0.15) is 0 Å². The van der Waals surface area contributed by atoms with Gasteiger partial charge in [-0.25, -0.2) is 0 Å². The Morgan fingerprint density at radius 2 is 1.00 bits per heavy atom. The fourth-order valence-electron chi connectivity index (χ4n) is 0. The van der Waals surface area contributed by atoms with Crippen molar-refractivity contribution in [2.45, 2.75) is 0 Å². The molecular formula is CeCuNiO+5. The molecule has 0 saturated heterocycles. The molecule has 0 fully saturated rings. The van der Waals surface area contributed by atoms with E-state index in [-0.39, 0.29) is 80.8 Å². The second kappa shape index (κ2) is 18.3. The topological polar surface area (TPSA) is 28.5 Å². The van der Waals surface area contributed by atoms with E-state index in [0.717, 1.165) is 0 Å². The third kappa shape index (κ3) is 8.84. The van der Waals surface area contributed by atoms with Crippen LogP contribution in [0.25, 0.3) is 0 Å². The molecule has 1 nitrogen and oxygen atoms in total. The molecule has 0 N–H and O–H groups in total. The zero-order chi connectivity index (χ0) is 0. The summed E-state index contributed by atoms with van der Waals surface area (Å²) in [6.45, 7) is 0. The minimum atomic E-state index is 0. The van der Waals surface area contributed by atoms with Crippen molar-refractivity contribution in [3.8, 4) is 0 Å². The molecule has 0 aromatic carbocycles. The van der Waals surface area contributed by atoms with E-state index < -0.39 is 0 Å². The van der Waals surface area contributed by atoms with Crippen molar-refractivity contribution in [3.63, 3.8) is 0 Å².